The number of rotatable bonds is 9. The van der Waals surface area contributed by atoms with Crippen LogP contribution in [0.1, 0.15) is 40.5 Å². The van der Waals surface area contributed by atoms with Crippen molar-refractivity contribution >= 4 is 21.4 Å². The van der Waals surface area contributed by atoms with Crippen molar-refractivity contribution < 1.29 is 8.42 Å². The molecule has 0 aliphatic heterocycles. The van der Waals surface area contributed by atoms with Crippen LogP contribution in [-0.4, -0.2) is 37.9 Å². The summed E-state index contributed by atoms with van der Waals surface area (Å²) >= 11 is 6.25. The molecule has 0 aromatic heterocycles. The SMILES string of the molecule is CCC(CC)C(Cl)CNCCS(=O)(=O)C(C)C. The molecule has 0 fully saturated rings. The topological polar surface area (TPSA) is 46.2 Å². The fourth-order valence-corrected chi connectivity index (χ4v) is 3.02. The summed E-state index contributed by atoms with van der Waals surface area (Å²) in [5, 5.41) is 2.93. The standard InChI is InChI=1S/C12H26ClNO2S/c1-5-11(6-2)12(13)9-14-7-8-17(15,16)10(3)4/h10-12,14H,5-9H2,1-4H3. The highest BCUT2D eigenvalue weighted by molar-refractivity contribution is 7.92. The molecule has 5 heteroatoms. The van der Waals surface area contributed by atoms with Gasteiger partial charge in [0.25, 0.3) is 0 Å². The smallest absolute Gasteiger partial charge is 0.153 e. The molecule has 1 unspecified atom stereocenters. The molecule has 0 aromatic carbocycles. The van der Waals surface area contributed by atoms with Gasteiger partial charge in [-0.05, 0) is 19.8 Å². The molecule has 0 saturated heterocycles. The summed E-state index contributed by atoms with van der Waals surface area (Å²) in [7, 11) is -2.93. The van der Waals surface area contributed by atoms with Crippen molar-refractivity contribution in [2.24, 2.45) is 5.92 Å². The van der Waals surface area contributed by atoms with Gasteiger partial charge in [-0.15, -0.1) is 11.6 Å². The lowest BCUT2D eigenvalue weighted by Gasteiger charge is -2.19. The summed E-state index contributed by atoms with van der Waals surface area (Å²) < 4.78 is 23.1. The average molecular weight is 284 g/mol. The normalized spacial score (nSPS) is 14.5. The van der Waals surface area contributed by atoms with Gasteiger partial charge in [0.2, 0.25) is 0 Å². The number of hydrogen-bond acceptors (Lipinski definition) is 3. The van der Waals surface area contributed by atoms with Crippen molar-refractivity contribution in [2.45, 2.75) is 51.2 Å². The van der Waals surface area contributed by atoms with Crippen LogP contribution < -0.4 is 5.32 Å². The number of nitrogens with one attached hydrogen (secondary N) is 1. The lowest BCUT2D eigenvalue weighted by atomic mass is 9.99. The van der Waals surface area contributed by atoms with Crippen LogP contribution in [0.3, 0.4) is 0 Å². The first-order valence-corrected chi connectivity index (χ1v) is 8.56. The van der Waals surface area contributed by atoms with Crippen LogP contribution in [-0.2, 0) is 9.84 Å². The quantitative estimate of drug-likeness (QED) is 0.522. The van der Waals surface area contributed by atoms with E-state index in [1.807, 2.05) is 0 Å². The Bertz CT molecular complexity index is 287. The fraction of sp³-hybridized carbons (Fsp3) is 1.00. The Labute approximate surface area is 111 Å². The van der Waals surface area contributed by atoms with Crippen molar-refractivity contribution in [3.8, 4) is 0 Å². The van der Waals surface area contributed by atoms with Crippen LogP contribution in [0.25, 0.3) is 0 Å². The first-order valence-electron chi connectivity index (χ1n) is 6.41. The zero-order chi connectivity index (χ0) is 13.5. The van der Waals surface area contributed by atoms with Crippen LogP contribution >= 0.6 is 11.6 Å². The Morgan fingerprint density at radius 3 is 2.12 bits per heavy atom. The molecular formula is C12H26ClNO2S. The van der Waals surface area contributed by atoms with E-state index in [1.165, 1.54) is 0 Å². The Balaban J connectivity index is 3.86. The number of alkyl halides is 1. The molecule has 0 radical (unpaired) electrons. The summed E-state index contributed by atoms with van der Waals surface area (Å²) in [5.41, 5.74) is 0. The Morgan fingerprint density at radius 2 is 1.71 bits per heavy atom. The molecular weight excluding hydrogens is 258 g/mol. The van der Waals surface area contributed by atoms with Crippen LogP contribution in [0, 0.1) is 5.92 Å². The molecule has 0 rings (SSSR count). The Kier molecular flexibility index (Phi) is 8.43. The summed E-state index contributed by atoms with van der Waals surface area (Å²) in [4.78, 5) is 0. The molecule has 1 atom stereocenters. The maximum atomic E-state index is 11.5. The molecule has 0 bridgehead atoms. The molecule has 0 spiro atoms. The van der Waals surface area contributed by atoms with Crippen LogP contribution in [0.2, 0.25) is 0 Å². The van der Waals surface area contributed by atoms with Gasteiger partial charge in [0, 0.05) is 18.5 Å². The van der Waals surface area contributed by atoms with Crippen LogP contribution in [0.15, 0.2) is 0 Å². The zero-order valence-corrected chi connectivity index (χ0v) is 12.9. The monoisotopic (exact) mass is 283 g/mol. The van der Waals surface area contributed by atoms with Gasteiger partial charge in [-0.3, -0.25) is 0 Å². The first-order chi connectivity index (χ1) is 7.85. The number of sulfone groups is 1. The van der Waals surface area contributed by atoms with Crippen LogP contribution in [0.4, 0.5) is 0 Å². The van der Waals surface area contributed by atoms with E-state index >= 15 is 0 Å². The lowest BCUT2D eigenvalue weighted by Crippen LogP contribution is -2.33. The zero-order valence-electron chi connectivity index (χ0n) is 11.4. The largest absolute Gasteiger partial charge is 0.314 e. The van der Waals surface area contributed by atoms with Crippen molar-refractivity contribution in [2.75, 3.05) is 18.8 Å². The fourth-order valence-electron chi connectivity index (χ4n) is 1.66. The van der Waals surface area contributed by atoms with Gasteiger partial charge in [-0.1, -0.05) is 26.7 Å². The Morgan fingerprint density at radius 1 is 1.18 bits per heavy atom. The van der Waals surface area contributed by atoms with Crippen LogP contribution in [0.5, 0.6) is 0 Å². The predicted octanol–water partition coefficient (Wildman–Crippen LogP) is 2.44. The summed E-state index contributed by atoms with van der Waals surface area (Å²) in [6, 6.07) is 0. The second-order valence-electron chi connectivity index (χ2n) is 4.71. The van der Waals surface area contributed by atoms with Crippen molar-refractivity contribution in [1.82, 2.24) is 5.32 Å². The van der Waals surface area contributed by atoms with E-state index in [0.717, 1.165) is 12.8 Å². The average Bonchev–Trinajstić information content (AvgIpc) is 2.26. The minimum absolute atomic E-state index is 0.0896. The highest BCUT2D eigenvalue weighted by atomic mass is 35.5. The number of halogens is 1. The van der Waals surface area contributed by atoms with Crippen molar-refractivity contribution in [3.05, 3.63) is 0 Å². The molecule has 0 amide bonds. The van der Waals surface area contributed by atoms with Crippen molar-refractivity contribution in [1.29, 1.82) is 0 Å². The maximum absolute atomic E-state index is 11.5. The van der Waals surface area contributed by atoms with E-state index in [1.54, 1.807) is 13.8 Å². The molecule has 0 aliphatic carbocycles. The van der Waals surface area contributed by atoms with E-state index in [9.17, 15) is 8.42 Å². The minimum atomic E-state index is -2.93. The second-order valence-corrected chi connectivity index (χ2v) is 7.95. The van der Waals surface area contributed by atoms with E-state index in [2.05, 4.69) is 19.2 Å². The Hall–Kier alpha value is 0.200. The molecule has 3 nitrogen and oxygen atoms in total. The molecule has 0 heterocycles. The molecule has 104 valence electrons. The minimum Gasteiger partial charge on any atom is -0.314 e. The van der Waals surface area contributed by atoms with Crippen molar-refractivity contribution in [3.63, 3.8) is 0 Å². The van der Waals surface area contributed by atoms with Gasteiger partial charge < -0.3 is 5.32 Å². The third kappa shape index (κ3) is 6.63. The van der Waals surface area contributed by atoms with E-state index in [-0.39, 0.29) is 16.4 Å². The first kappa shape index (κ1) is 17.2. The third-order valence-corrected chi connectivity index (χ3v) is 5.90. The summed E-state index contributed by atoms with van der Waals surface area (Å²) in [5.74, 6) is 0.697. The van der Waals surface area contributed by atoms with Gasteiger partial charge >= 0.3 is 0 Å². The predicted molar refractivity (Wildman–Crippen MR) is 75.5 cm³/mol. The maximum Gasteiger partial charge on any atom is 0.153 e. The molecule has 17 heavy (non-hydrogen) atoms. The van der Waals surface area contributed by atoms with Gasteiger partial charge in [0.05, 0.1) is 11.0 Å². The highest BCUT2D eigenvalue weighted by Gasteiger charge is 2.17. The van der Waals surface area contributed by atoms with Gasteiger partial charge in [-0.25, -0.2) is 8.42 Å². The molecule has 0 aliphatic rings. The molecule has 0 saturated carbocycles. The molecule has 1 N–H and O–H groups in total. The highest BCUT2D eigenvalue weighted by Crippen LogP contribution is 2.17. The van der Waals surface area contributed by atoms with Gasteiger partial charge in [0.1, 0.15) is 0 Å². The summed E-state index contributed by atoms with van der Waals surface area (Å²) in [6.07, 6.45) is 2.13. The lowest BCUT2D eigenvalue weighted by molar-refractivity contribution is 0.449. The van der Waals surface area contributed by atoms with Gasteiger partial charge in [-0.2, -0.15) is 0 Å². The van der Waals surface area contributed by atoms with E-state index < -0.39 is 9.84 Å². The molecule has 0 aromatic rings. The summed E-state index contributed by atoms with van der Waals surface area (Å²) in [6.45, 7) is 8.86. The number of hydrogen-bond donors (Lipinski definition) is 1. The van der Waals surface area contributed by atoms with E-state index in [0.29, 0.717) is 19.0 Å². The van der Waals surface area contributed by atoms with Gasteiger partial charge in [0.15, 0.2) is 9.84 Å². The van der Waals surface area contributed by atoms with E-state index in [4.69, 9.17) is 11.6 Å². The third-order valence-electron chi connectivity index (χ3n) is 3.18. The second kappa shape index (κ2) is 8.33.